The summed E-state index contributed by atoms with van der Waals surface area (Å²) in [6.45, 7) is 3.93. The maximum atomic E-state index is 11.6. The van der Waals surface area contributed by atoms with Crippen molar-refractivity contribution in [1.29, 1.82) is 0 Å². The lowest BCUT2D eigenvalue weighted by molar-refractivity contribution is -0.121. The molecule has 0 aromatic heterocycles. The van der Waals surface area contributed by atoms with Gasteiger partial charge in [-0.1, -0.05) is 6.92 Å². The summed E-state index contributed by atoms with van der Waals surface area (Å²) in [5.74, 6) is 1.52. The zero-order valence-corrected chi connectivity index (χ0v) is 11.4. The summed E-state index contributed by atoms with van der Waals surface area (Å²) in [4.78, 5) is 11.6. The highest BCUT2D eigenvalue weighted by molar-refractivity contribution is 5.76. The molecule has 0 saturated heterocycles. The van der Waals surface area contributed by atoms with Crippen LogP contribution < -0.4 is 14.8 Å². The van der Waals surface area contributed by atoms with Crippen molar-refractivity contribution >= 4 is 5.91 Å². The van der Waals surface area contributed by atoms with Gasteiger partial charge in [-0.05, 0) is 25.5 Å². The Bertz CT molecular complexity index is 404. The molecule has 4 nitrogen and oxygen atoms in total. The summed E-state index contributed by atoms with van der Waals surface area (Å²) in [5, 5.41) is 2.95. The molecule has 1 aromatic carbocycles. The predicted molar refractivity (Wildman–Crippen MR) is 71.0 cm³/mol. The van der Waals surface area contributed by atoms with Gasteiger partial charge in [-0.25, -0.2) is 0 Å². The third-order valence-corrected chi connectivity index (χ3v) is 2.76. The first-order valence-electron chi connectivity index (χ1n) is 6.13. The molecule has 4 heteroatoms. The van der Waals surface area contributed by atoms with Crippen LogP contribution in [-0.2, 0) is 4.79 Å². The topological polar surface area (TPSA) is 47.6 Å². The van der Waals surface area contributed by atoms with Crippen molar-refractivity contribution < 1.29 is 14.3 Å². The molecule has 0 saturated carbocycles. The number of amides is 1. The number of hydrogen-bond acceptors (Lipinski definition) is 3. The first-order chi connectivity index (χ1) is 8.62. The summed E-state index contributed by atoms with van der Waals surface area (Å²) in [6.07, 6.45) is 1.39. The second kappa shape index (κ2) is 6.89. The molecule has 0 aliphatic heterocycles. The summed E-state index contributed by atoms with van der Waals surface area (Å²) in [5.41, 5.74) is 0.947. The van der Waals surface area contributed by atoms with Crippen LogP contribution in [-0.4, -0.2) is 20.1 Å². The number of carbonyl (C=O) groups is 1. The lowest BCUT2D eigenvalue weighted by atomic mass is 10.1. The molecule has 18 heavy (non-hydrogen) atoms. The Morgan fingerprint density at radius 1 is 1.33 bits per heavy atom. The Balaban J connectivity index is 2.84. The predicted octanol–water partition coefficient (Wildman–Crippen LogP) is 2.68. The van der Waals surface area contributed by atoms with Gasteiger partial charge in [0.15, 0.2) is 0 Å². The van der Waals surface area contributed by atoms with Gasteiger partial charge in [0, 0.05) is 18.1 Å². The smallest absolute Gasteiger partial charge is 0.220 e. The molecule has 0 bridgehead atoms. The Kier molecular flexibility index (Phi) is 5.49. The zero-order valence-electron chi connectivity index (χ0n) is 11.4. The van der Waals surface area contributed by atoms with Crippen molar-refractivity contribution in [2.75, 3.05) is 14.2 Å². The van der Waals surface area contributed by atoms with Crippen LogP contribution >= 0.6 is 0 Å². The van der Waals surface area contributed by atoms with E-state index < -0.39 is 0 Å². The van der Waals surface area contributed by atoms with Crippen molar-refractivity contribution in [3.8, 4) is 11.5 Å². The average Bonchev–Trinajstić information content (AvgIpc) is 2.38. The highest BCUT2D eigenvalue weighted by Gasteiger charge is 2.14. The number of benzene rings is 1. The number of rotatable bonds is 6. The molecule has 0 fully saturated rings. The standard InChI is InChI=1S/C14H21NO3/c1-5-6-14(16)15-10(2)12-8-7-11(17-3)9-13(12)18-4/h7-10H,5-6H2,1-4H3,(H,15,16). The van der Waals surface area contributed by atoms with E-state index in [-0.39, 0.29) is 11.9 Å². The average molecular weight is 251 g/mol. The monoisotopic (exact) mass is 251 g/mol. The number of nitrogens with one attached hydrogen (secondary N) is 1. The number of hydrogen-bond donors (Lipinski definition) is 1. The minimum atomic E-state index is -0.0788. The molecule has 1 aromatic rings. The van der Waals surface area contributed by atoms with E-state index in [2.05, 4.69) is 5.32 Å². The van der Waals surface area contributed by atoms with E-state index in [4.69, 9.17) is 9.47 Å². The minimum absolute atomic E-state index is 0.0582. The van der Waals surface area contributed by atoms with Gasteiger partial charge < -0.3 is 14.8 Å². The second-order valence-electron chi connectivity index (χ2n) is 4.15. The molecule has 1 N–H and O–H groups in total. The molecule has 0 heterocycles. The number of carbonyl (C=O) groups excluding carboxylic acids is 1. The SMILES string of the molecule is CCCC(=O)NC(C)c1ccc(OC)cc1OC. The third-order valence-electron chi connectivity index (χ3n) is 2.76. The molecule has 1 amide bonds. The molecular formula is C14H21NO3. The lowest BCUT2D eigenvalue weighted by Crippen LogP contribution is -2.26. The molecular weight excluding hydrogens is 230 g/mol. The molecule has 1 rings (SSSR count). The molecule has 1 atom stereocenters. The molecule has 0 aliphatic rings. The van der Waals surface area contributed by atoms with E-state index in [1.807, 2.05) is 32.0 Å². The van der Waals surface area contributed by atoms with E-state index in [9.17, 15) is 4.79 Å². The fourth-order valence-electron chi connectivity index (χ4n) is 1.79. The van der Waals surface area contributed by atoms with Crippen molar-refractivity contribution in [3.63, 3.8) is 0 Å². The van der Waals surface area contributed by atoms with E-state index in [0.717, 1.165) is 23.5 Å². The normalized spacial score (nSPS) is 11.8. The van der Waals surface area contributed by atoms with Crippen LogP contribution in [0.3, 0.4) is 0 Å². The molecule has 0 aliphatic carbocycles. The Hall–Kier alpha value is -1.71. The third kappa shape index (κ3) is 3.65. The summed E-state index contributed by atoms with van der Waals surface area (Å²) in [7, 11) is 3.22. The summed E-state index contributed by atoms with van der Waals surface area (Å²) in [6, 6.07) is 5.51. The lowest BCUT2D eigenvalue weighted by Gasteiger charge is -2.18. The maximum absolute atomic E-state index is 11.6. The fraction of sp³-hybridized carbons (Fsp3) is 0.500. The second-order valence-corrected chi connectivity index (χ2v) is 4.15. The van der Waals surface area contributed by atoms with Crippen molar-refractivity contribution in [1.82, 2.24) is 5.32 Å². The number of methoxy groups -OCH3 is 2. The minimum Gasteiger partial charge on any atom is -0.497 e. The zero-order chi connectivity index (χ0) is 13.5. The van der Waals surface area contributed by atoms with Crippen molar-refractivity contribution in [2.45, 2.75) is 32.7 Å². The first-order valence-corrected chi connectivity index (χ1v) is 6.13. The van der Waals surface area contributed by atoms with Crippen molar-refractivity contribution in [2.24, 2.45) is 0 Å². The van der Waals surface area contributed by atoms with Gasteiger partial charge in [0.1, 0.15) is 11.5 Å². The first kappa shape index (κ1) is 14.4. The fourth-order valence-corrected chi connectivity index (χ4v) is 1.79. The van der Waals surface area contributed by atoms with Crippen LogP contribution in [0.5, 0.6) is 11.5 Å². The van der Waals surface area contributed by atoms with Crippen LogP contribution in [0.1, 0.15) is 38.3 Å². The molecule has 1 unspecified atom stereocenters. The van der Waals surface area contributed by atoms with Gasteiger partial charge in [0.2, 0.25) is 5.91 Å². The summed E-state index contributed by atoms with van der Waals surface area (Å²) >= 11 is 0. The Labute approximate surface area is 108 Å². The van der Waals surface area contributed by atoms with Crippen LogP contribution in [0.15, 0.2) is 18.2 Å². The van der Waals surface area contributed by atoms with E-state index in [0.29, 0.717) is 6.42 Å². The largest absolute Gasteiger partial charge is 0.497 e. The van der Waals surface area contributed by atoms with Crippen molar-refractivity contribution in [3.05, 3.63) is 23.8 Å². The van der Waals surface area contributed by atoms with Gasteiger partial charge in [-0.2, -0.15) is 0 Å². The van der Waals surface area contributed by atoms with Gasteiger partial charge in [-0.15, -0.1) is 0 Å². The van der Waals surface area contributed by atoms with Gasteiger partial charge in [-0.3, -0.25) is 4.79 Å². The molecule has 0 spiro atoms. The highest BCUT2D eigenvalue weighted by atomic mass is 16.5. The maximum Gasteiger partial charge on any atom is 0.220 e. The van der Waals surface area contributed by atoms with Gasteiger partial charge in [0.25, 0.3) is 0 Å². The van der Waals surface area contributed by atoms with Crippen LogP contribution in [0, 0.1) is 0 Å². The highest BCUT2D eigenvalue weighted by Crippen LogP contribution is 2.29. The quantitative estimate of drug-likeness (QED) is 0.845. The van der Waals surface area contributed by atoms with E-state index in [1.54, 1.807) is 14.2 Å². The van der Waals surface area contributed by atoms with Crippen LogP contribution in [0.4, 0.5) is 0 Å². The van der Waals surface area contributed by atoms with Gasteiger partial charge >= 0.3 is 0 Å². The van der Waals surface area contributed by atoms with Crippen LogP contribution in [0.25, 0.3) is 0 Å². The Morgan fingerprint density at radius 2 is 2.06 bits per heavy atom. The van der Waals surface area contributed by atoms with Crippen LogP contribution in [0.2, 0.25) is 0 Å². The number of ether oxygens (including phenoxy) is 2. The summed E-state index contributed by atoms with van der Waals surface area (Å²) < 4.78 is 10.5. The molecule has 0 radical (unpaired) electrons. The Morgan fingerprint density at radius 3 is 2.61 bits per heavy atom. The molecule has 100 valence electrons. The van der Waals surface area contributed by atoms with Gasteiger partial charge in [0.05, 0.1) is 20.3 Å². The van der Waals surface area contributed by atoms with E-state index in [1.165, 1.54) is 0 Å². The van der Waals surface area contributed by atoms with E-state index >= 15 is 0 Å².